The summed E-state index contributed by atoms with van der Waals surface area (Å²) in [6.07, 6.45) is 5.70. The number of carbonyl (C=O) groups is 2. The Morgan fingerprint density at radius 1 is 1.50 bits per heavy atom. The molecular formula is C10H10O5W. The van der Waals surface area contributed by atoms with Crippen LogP contribution in [0.3, 0.4) is 0 Å². The van der Waals surface area contributed by atoms with E-state index in [4.69, 9.17) is 19.8 Å². The molecular weight excluding hydrogens is 384 g/mol. The van der Waals surface area contributed by atoms with Crippen LogP contribution in [-0.2, 0) is 23.3 Å². The Morgan fingerprint density at radius 2 is 2.12 bits per heavy atom. The van der Waals surface area contributed by atoms with Gasteiger partial charge in [-0.1, -0.05) is 0 Å². The van der Waals surface area contributed by atoms with Gasteiger partial charge in [-0.25, -0.2) is 0 Å². The molecule has 86 valence electrons. The quantitative estimate of drug-likeness (QED) is 0.388. The minimum atomic E-state index is -2.12. The SMILES string of the molecule is C=C[CH2][W+2][C]1=CC=CC1.O=C([O-])OC(=O)[O-]. The van der Waals surface area contributed by atoms with Crippen LogP contribution in [0.15, 0.2) is 34.8 Å². The van der Waals surface area contributed by atoms with Gasteiger partial charge in [0.15, 0.2) is 0 Å². The van der Waals surface area contributed by atoms with Gasteiger partial charge in [-0.2, -0.15) is 0 Å². The average Bonchev–Trinajstić information content (AvgIpc) is 2.65. The molecule has 6 heteroatoms. The standard InChI is InChI=1S/C5H5.C3H5.C2H2O5.W/c1-2-4-5-3-1;1-3-2;3-1(4)7-2(5)6;/h1-3H,4H2;3H,1-2H2;(H,3,4)(H,5,6);/q;;;+2/p-2. The van der Waals surface area contributed by atoms with E-state index >= 15 is 0 Å². The third-order valence-corrected chi connectivity index (χ3v) is 5.16. The van der Waals surface area contributed by atoms with E-state index in [9.17, 15) is 0 Å². The molecule has 0 spiro atoms. The number of carboxylic acid groups (broad SMARTS) is 2. The van der Waals surface area contributed by atoms with Crippen molar-refractivity contribution in [2.45, 2.75) is 11.2 Å². The largest absolute Gasteiger partial charge is 0.483 e. The maximum atomic E-state index is 9.06. The van der Waals surface area contributed by atoms with Gasteiger partial charge in [0.1, 0.15) is 0 Å². The second-order valence-corrected chi connectivity index (χ2v) is 6.59. The van der Waals surface area contributed by atoms with E-state index in [2.05, 4.69) is 29.5 Å². The molecule has 0 saturated heterocycles. The van der Waals surface area contributed by atoms with Crippen LogP contribution in [0.5, 0.6) is 0 Å². The van der Waals surface area contributed by atoms with Crippen LogP contribution in [-0.4, -0.2) is 12.3 Å². The average molecular weight is 394 g/mol. The molecule has 0 aromatic rings. The van der Waals surface area contributed by atoms with Gasteiger partial charge in [-0.15, -0.1) is 0 Å². The van der Waals surface area contributed by atoms with Gasteiger partial charge >= 0.3 is 64.6 Å². The number of allylic oxidation sites excluding steroid dienone is 5. The summed E-state index contributed by atoms with van der Waals surface area (Å²) in [4.78, 5) is 19.4. The zero-order chi connectivity index (χ0) is 12.4. The third kappa shape index (κ3) is 9.21. The molecule has 5 nitrogen and oxygen atoms in total. The Kier molecular flexibility index (Phi) is 8.16. The molecule has 1 aliphatic carbocycles. The number of ether oxygens (including phenoxy) is 1. The molecule has 0 N–H and O–H groups in total. The Morgan fingerprint density at radius 3 is 2.44 bits per heavy atom. The summed E-state index contributed by atoms with van der Waals surface area (Å²) < 4.78 is 4.56. The number of carbonyl (C=O) groups excluding carboxylic acids is 2. The molecule has 0 aliphatic heterocycles. The topological polar surface area (TPSA) is 89.5 Å². The zero-order valence-corrected chi connectivity index (χ0v) is 11.3. The first-order valence-electron chi connectivity index (χ1n) is 4.25. The van der Waals surface area contributed by atoms with Crippen molar-refractivity contribution in [3.63, 3.8) is 0 Å². The van der Waals surface area contributed by atoms with Gasteiger partial charge < -0.3 is 24.5 Å². The minimum absolute atomic E-state index is 0.156. The minimum Gasteiger partial charge on any atom is -0.483 e. The first kappa shape index (κ1) is 14.6. The Hall–Kier alpha value is -1.35. The van der Waals surface area contributed by atoms with Crippen LogP contribution in [0.4, 0.5) is 9.59 Å². The molecule has 16 heavy (non-hydrogen) atoms. The van der Waals surface area contributed by atoms with E-state index in [-0.39, 0.29) is 18.6 Å². The van der Waals surface area contributed by atoms with E-state index in [0.717, 1.165) is 0 Å². The zero-order valence-electron chi connectivity index (χ0n) is 8.38. The number of hydrogen-bond donors (Lipinski definition) is 0. The molecule has 0 atom stereocenters. The Labute approximate surface area is 102 Å². The predicted octanol–water partition coefficient (Wildman–Crippen LogP) is 0.207. The van der Waals surface area contributed by atoms with Crippen molar-refractivity contribution < 1.29 is 43.1 Å². The molecule has 0 amide bonds. The summed E-state index contributed by atoms with van der Waals surface area (Å²) in [7, 11) is 0. The maximum Gasteiger partial charge on any atom is 0.259 e. The predicted molar refractivity (Wildman–Crippen MR) is 48.7 cm³/mol. The molecule has 0 bridgehead atoms. The van der Waals surface area contributed by atoms with Gasteiger partial charge in [0.2, 0.25) is 0 Å². The molecule has 0 aromatic heterocycles. The summed E-state index contributed by atoms with van der Waals surface area (Å²) in [6, 6.07) is 0. The van der Waals surface area contributed by atoms with Crippen LogP contribution in [0.2, 0.25) is 4.81 Å². The third-order valence-electron chi connectivity index (χ3n) is 1.29. The fourth-order valence-electron chi connectivity index (χ4n) is 0.769. The molecule has 0 radical (unpaired) electrons. The normalized spacial score (nSPS) is 11.9. The van der Waals surface area contributed by atoms with Crippen molar-refractivity contribution in [1.29, 1.82) is 0 Å². The van der Waals surface area contributed by atoms with E-state index in [1.165, 1.54) is 11.2 Å². The summed E-state index contributed by atoms with van der Waals surface area (Å²) in [5.74, 6) is 0. The van der Waals surface area contributed by atoms with Gasteiger partial charge in [0.25, 0.3) is 12.3 Å². The van der Waals surface area contributed by atoms with Crippen LogP contribution in [0.25, 0.3) is 0 Å². The fraction of sp³-hybridized carbons (Fsp3) is 0.200. The monoisotopic (exact) mass is 394 g/mol. The molecule has 0 fully saturated rings. The van der Waals surface area contributed by atoms with E-state index in [0.29, 0.717) is 0 Å². The van der Waals surface area contributed by atoms with E-state index in [1.807, 2.05) is 6.08 Å². The Balaban J connectivity index is 0.000000293. The first-order valence-corrected chi connectivity index (χ1v) is 7.79. The van der Waals surface area contributed by atoms with E-state index < -0.39 is 12.3 Å². The second kappa shape index (κ2) is 8.92. The molecule has 1 aliphatic rings. The molecule has 0 saturated carbocycles. The van der Waals surface area contributed by atoms with Gasteiger partial charge in [-0.05, 0) is 0 Å². The Bertz CT molecular complexity index is 307. The smallest absolute Gasteiger partial charge is 0.259 e. The van der Waals surface area contributed by atoms with Crippen molar-refractivity contribution in [2.24, 2.45) is 0 Å². The van der Waals surface area contributed by atoms with Crippen molar-refractivity contribution in [3.05, 3.63) is 34.8 Å². The van der Waals surface area contributed by atoms with Gasteiger partial charge in [-0.3, -0.25) is 0 Å². The summed E-state index contributed by atoms with van der Waals surface area (Å²) in [6.45, 7) is 3.72. The van der Waals surface area contributed by atoms with Gasteiger partial charge in [0.05, 0.1) is 0 Å². The van der Waals surface area contributed by atoms with Crippen LogP contribution in [0.1, 0.15) is 6.42 Å². The van der Waals surface area contributed by atoms with Crippen molar-refractivity contribution in [2.75, 3.05) is 0 Å². The van der Waals surface area contributed by atoms with Gasteiger partial charge in [0, 0.05) is 0 Å². The summed E-state index contributed by atoms with van der Waals surface area (Å²) in [5, 5.41) is 18.1. The summed E-state index contributed by atoms with van der Waals surface area (Å²) >= 11 is -0.156. The molecule has 1 rings (SSSR count). The number of hydrogen-bond acceptors (Lipinski definition) is 5. The van der Waals surface area contributed by atoms with Crippen molar-refractivity contribution in [1.82, 2.24) is 0 Å². The van der Waals surface area contributed by atoms with Crippen molar-refractivity contribution in [3.8, 4) is 0 Å². The van der Waals surface area contributed by atoms with Crippen LogP contribution < -0.4 is 10.2 Å². The van der Waals surface area contributed by atoms with Crippen molar-refractivity contribution >= 4 is 12.3 Å². The molecule has 0 heterocycles. The maximum absolute atomic E-state index is 9.06. The van der Waals surface area contributed by atoms with Crippen LogP contribution >= 0.6 is 0 Å². The summed E-state index contributed by atoms with van der Waals surface area (Å²) in [5.41, 5.74) is 0. The number of rotatable bonds is 3. The first-order chi connectivity index (χ1) is 7.56. The van der Waals surface area contributed by atoms with Crippen LogP contribution in [0, 0.1) is 0 Å². The van der Waals surface area contributed by atoms with E-state index in [1.54, 1.807) is 3.96 Å². The second-order valence-electron chi connectivity index (χ2n) is 2.47. The molecule has 0 aromatic carbocycles. The fourth-order valence-corrected chi connectivity index (χ4v) is 3.36. The molecule has 0 unspecified atom stereocenters.